The topological polar surface area (TPSA) is 90.5 Å². The summed E-state index contributed by atoms with van der Waals surface area (Å²) in [6, 6.07) is 13.2. The van der Waals surface area contributed by atoms with Gasteiger partial charge in [0.2, 0.25) is 0 Å². The molecule has 0 spiro atoms. The highest BCUT2D eigenvalue weighted by atomic mass is 16.5. The molecule has 1 atom stereocenters. The number of nitrogens with one attached hydrogen (secondary N) is 1. The molecule has 0 saturated heterocycles. The van der Waals surface area contributed by atoms with Crippen molar-refractivity contribution in [2.24, 2.45) is 0 Å². The van der Waals surface area contributed by atoms with Crippen molar-refractivity contribution in [3.63, 3.8) is 0 Å². The van der Waals surface area contributed by atoms with Gasteiger partial charge in [-0.05, 0) is 61.4 Å². The van der Waals surface area contributed by atoms with Crippen LogP contribution in [0.2, 0.25) is 0 Å². The van der Waals surface area contributed by atoms with Crippen LogP contribution in [0.3, 0.4) is 0 Å². The van der Waals surface area contributed by atoms with Gasteiger partial charge in [0.05, 0.1) is 18.0 Å². The number of fused-ring (bicyclic) bond motifs is 2. The first-order chi connectivity index (χ1) is 15.0. The van der Waals surface area contributed by atoms with Gasteiger partial charge in [-0.1, -0.05) is 30.3 Å². The number of hydrogen-bond donors (Lipinski definition) is 1. The van der Waals surface area contributed by atoms with Crippen LogP contribution in [0.15, 0.2) is 51.7 Å². The Balaban J connectivity index is 1.26. The molecule has 1 N–H and O–H groups in total. The maximum atomic E-state index is 12.2. The van der Waals surface area contributed by atoms with E-state index in [1.54, 1.807) is 24.3 Å². The van der Waals surface area contributed by atoms with Crippen molar-refractivity contribution in [3.05, 3.63) is 69.7 Å². The summed E-state index contributed by atoms with van der Waals surface area (Å²) < 4.78 is 11.6. The molecule has 3 aromatic rings. The Morgan fingerprint density at radius 3 is 2.74 bits per heavy atom. The zero-order valence-electron chi connectivity index (χ0n) is 17.6. The second-order valence-corrected chi connectivity index (χ2v) is 7.92. The maximum absolute atomic E-state index is 12.2. The number of ether oxygens (including phenoxy) is 1. The van der Waals surface area contributed by atoms with Crippen LogP contribution in [-0.2, 0) is 33.7 Å². The lowest BCUT2D eigenvalue weighted by molar-refractivity contribution is -0.148. The molecule has 2 aromatic carbocycles. The number of aryl methyl sites for hydroxylation is 3. The molecule has 7 heteroatoms. The number of carbonyl (C=O) groups excluding carboxylic acids is 2. The van der Waals surface area contributed by atoms with E-state index in [0.29, 0.717) is 11.1 Å². The van der Waals surface area contributed by atoms with E-state index in [0.717, 1.165) is 18.4 Å². The molecule has 162 valence electrons. The summed E-state index contributed by atoms with van der Waals surface area (Å²) >= 11 is 0. The molecular formula is C24H26N2O5. The number of carbonyl (C=O) groups is 2. The average molecular weight is 422 g/mol. The van der Waals surface area contributed by atoms with Gasteiger partial charge in [0, 0.05) is 6.54 Å². The summed E-state index contributed by atoms with van der Waals surface area (Å²) in [5.41, 5.74) is 4.89. The van der Waals surface area contributed by atoms with E-state index in [1.807, 2.05) is 13.0 Å². The fraction of sp³-hybridized carbons (Fsp3) is 0.375. The molecule has 31 heavy (non-hydrogen) atoms. The first kappa shape index (κ1) is 20.9. The predicted molar refractivity (Wildman–Crippen MR) is 116 cm³/mol. The van der Waals surface area contributed by atoms with Crippen LogP contribution in [0, 0.1) is 0 Å². The third-order valence-corrected chi connectivity index (χ3v) is 5.73. The number of hydrogen-bond acceptors (Lipinski definition) is 5. The summed E-state index contributed by atoms with van der Waals surface area (Å²) in [6.45, 7) is 1.69. The summed E-state index contributed by atoms with van der Waals surface area (Å²) in [5.74, 6) is -1.43. The largest absolute Gasteiger partial charge is 0.456 e. The number of amides is 1. The minimum absolute atomic E-state index is 0.0307. The molecule has 0 unspecified atom stereocenters. The lowest BCUT2D eigenvalue weighted by atomic mass is 9.89. The highest BCUT2D eigenvalue weighted by molar-refractivity contribution is 5.81. The molecule has 1 aliphatic rings. The Hall–Kier alpha value is -3.35. The first-order valence-electron chi connectivity index (χ1n) is 10.7. The monoisotopic (exact) mass is 422 g/mol. The fourth-order valence-electron chi connectivity index (χ4n) is 4.04. The second-order valence-electron chi connectivity index (χ2n) is 7.92. The van der Waals surface area contributed by atoms with E-state index < -0.39 is 11.7 Å². The number of benzene rings is 2. The van der Waals surface area contributed by atoms with Gasteiger partial charge < -0.3 is 14.5 Å². The normalized spacial score (nSPS) is 14.1. The van der Waals surface area contributed by atoms with Gasteiger partial charge >= 0.3 is 11.7 Å². The van der Waals surface area contributed by atoms with Crippen LogP contribution in [-0.4, -0.2) is 23.1 Å². The van der Waals surface area contributed by atoms with E-state index in [-0.39, 0.29) is 31.5 Å². The number of oxazole rings is 1. The van der Waals surface area contributed by atoms with Gasteiger partial charge in [0.1, 0.15) is 0 Å². The molecule has 0 aliphatic heterocycles. The van der Waals surface area contributed by atoms with E-state index >= 15 is 0 Å². The van der Waals surface area contributed by atoms with E-state index in [1.165, 1.54) is 28.5 Å². The number of nitrogens with zero attached hydrogens (tertiary/aromatic N) is 1. The van der Waals surface area contributed by atoms with Crippen LogP contribution in [0.5, 0.6) is 0 Å². The van der Waals surface area contributed by atoms with Crippen molar-refractivity contribution in [2.75, 3.05) is 6.61 Å². The van der Waals surface area contributed by atoms with Crippen LogP contribution in [0.1, 0.15) is 48.9 Å². The van der Waals surface area contributed by atoms with Gasteiger partial charge in [-0.3, -0.25) is 14.2 Å². The molecule has 0 radical (unpaired) electrons. The number of aromatic nitrogens is 1. The van der Waals surface area contributed by atoms with Crippen molar-refractivity contribution in [1.82, 2.24) is 9.88 Å². The lowest BCUT2D eigenvalue weighted by Gasteiger charge is -2.20. The molecule has 1 aliphatic carbocycles. The molecule has 1 heterocycles. The minimum Gasteiger partial charge on any atom is -0.456 e. The van der Waals surface area contributed by atoms with Gasteiger partial charge in [0.15, 0.2) is 12.2 Å². The van der Waals surface area contributed by atoms with Crippen molar-refractivity contribution < 1.29 is 18.7 Å². The van der Waals surface area contributed by atoms with Crippen molar-refractivity contribution in [1.29, 1.82) is 0 Å². The van der Waals surface area contributed by atoms with Crippen molar-refractivity contribution in [2.45, 2.75) is 51.6 Å². The highest BCUT2D eigenvalue weighted by Crippen LogP contribution is 2.24. The molecule has 1 aromatic heterocycles. The number of esters is 1. The quantitative estimate of drug-likeness (QED) is 0.590. The van der Waals surface area contributed by atoms with E-state index in [9.17, 15) is 14.4 Å². The predicted octanol–water partition coefficient (Wildman–Crippen LogP) is 3.28. The first-order valence-corrected chi connectivity index (χ1v) is 10.7. The van der Waals surface area contributed by atoms with Crippen LogP contribution >= 0.6 is 0 Å². The molecule has 0 bridgehead atoms. The number of rotatable bonds is 7. The molecule has 0 saturated carbocycles. The standard InChI is InChI=1S/C24H26N2O5/c1-16(18-11-10-17-6-2-3-7-19(17)14-18)25-22(27)15-30-23(28)12-13-26-20-8-4-5-9-21(20)31-24(26)29/h4-5,8-11,14,16H,2-3,6-7,12-13,15H2,1H3,(H,25,27)/t16-/m0/s1. The van der Waals surface area contributed by atoms with Gasteiger partial charge in [-0.15, -0.1) is 0 Å². The van der Waals surface area contributed by atoms with Crippen molar-refractivity contribution >= 4 is 23.0 Å². The fourth-order valence-corrected chi connectivity index (χ4v) is 4.04. The van der Waals surface area contributed by atoms with Gasteiger partial charge in [0.25, 0.3) is 5.91 Å². The van der Waals surface area contributed by atoms with Crippen LogP contribution < -0.4 is 11.1 Å². The van der Waals surface area contributed by atoms with E-state index in [4.69, 9.17) is 9.15 Å². The summed E-state index contributed by atoms with van der Waals surface area (Å²) in [7, 11) is 0. The van der Waals surface area contributed by atoms with Gasteiger partial charge in [-0.25, -0.2) is 4.79 Å². The lowest BCUT2D eigenvalue weighted by Crippen LogP contribution is -2.31. The maximum Gasteiger partial charge on any atom is 0.419 e. The third kappa shape index (κ3) is 4.87. The minimum atomic E-state index is -0.547. The SMILES string of the molecule is C[C@H](NC(=O)COC(=O)CCn1c(=O)oc2ccccc21)c1ccc2c(c1)CCCC2. The summed E-state index contributed by atoms with van der Waals surface area (Å²) in [5, 5.41) is 2.87. The third-order valence-electron chi connectivity index (χ3n) is 5.73. The Morgan fingerprint density at radius 2 is 1.90 bits per heavy atom. The van der Waals surface area contributed by atoms with Crippen LogP contribution in [0.4, 0.5) is 0 Å². The smallest absolute Gasteiger partial charge is 0.419 e. The zero-order chi connectivity index (χ0) is 21.8. The number of para-hydroxylation sites is 2. The highest BCUT2D eigenvalue weighted by Gasteiger charge is 2.16. The molecule has 0 fully saturated rings. The zero-order valence-corrected chi connectivity index (χ0v) is 17.6. The summed E-state index contributed by atoms with van der Waals surface area (Å²) in [4.78, 5) is 36.2. The Bertz CT molecular complexity index is 1160. The molecule has 1 amide bonds. The molecule has 7 nitrogen and oxygen atoms in total. The Morgan fingerprint density at radius 1 is 1.13 bits per heavy atom. The Kier molecular flexibility index (Phi) is 6.21. The summed E-state index contributed by atoms with van der Waals surface area (Å²) in [6.07, 6.45) is 4.60. The Labute approximate surface area is 180 Å². The van der Waals surface area contributed by atoms with Crippen LogP contribution in [0.25, 0.3) is 11.1 Å². The second kappa shape index (κ2) is 9.20. The van der Waals surface area contributed by atoms with Crippen molar-refractivity contribution in [3.8, 4) is 0 Å². The van der Waals surface area contributed by atoms with E-state index in [2.05, 4.69) is 17.4 Å². The molecular weight excluding hydrogens is 396 g/mol. The van der Waals surface area contributed by atoms with Gasteiger partial charge in [-0.2, -0.15) is 0 Å². The average Bonchev–Trinajstić information content (AvgIpc) is 3.10. The molecule has 4 rings (SSSR count).